The van der Waals surface area contributed by atoms with Gasteiger partial charge in [-0.25, -0.2) is 0 Å². The zero-order valence-corrected chi connectivity index (χ0v) is 12.5. The molecule has 0 spiro atoms. The minimum Gasteiger partial charge on any atom is -0.486 e. The lowest BCUT2D eigenvalue weighted by Crippen LogP contribution is -2.34. The van der Waals surface area contributed by atoms with E-state index in [9.17, 15) is 4.79 Å². The molecule has 3 rings (SSSR count). The van der Waals surface area contributed by atoms with Crippen LogP contribution in [0.1, 0.15) is 25.7 Å². The standard InChI is InChI=1S/C15H19ClN2O3/c16-11-7-13-14(21-6-5-20-13)8-12(11)18-15(19)9-17-10-3-1-2-4-10/h7-8,10,17H,1-6,9H2,(H,18,19). The predicted octanol–water partition coefficient (Wildman–Crippen LogP) is 2.58. The molecule has 114 valence electrons. The van der Waals surface area contributed by atoms with Crippen LogP contribution in [0.4, 0.5) is 5.69 Å². The van der Waals surface area contributed by atoms with Gasteiger partial charge in [0.25, 0.3) is 0 Å². The molecular weight excluding hydrogens is 292 g/mol. The SMILES string of the molecule is O=C(CNC1CCCC1)Nc1cc2c(cc1Cl)OCCO2. The lowest BCUT2D eigenvalue weighted by atomic mass is 10.2. The van der Waals surface area contributed by atoms with Crippen LogP contribution in [0, 0.1) is 0 Å². The van der Waals surface area contributed by atoms with Gasteiger partial charge < -0.3 is 20.1 Å². The van der Waals surface area contributed by atoms with Crippen LogP contribution in [-0.2, 0) is 4.79 Å². The number of carbonyl (C=O) groups is 1. The van der Waals surface area contributed by atoms with Gasteiger partial charge in [0.05, 0.1) is 17.3 Å². The van der Waals surface area contributed by atoms with Gasteiger partial charge in [0.15, 0.2) is 11.5 Å². The first-order valence-electron chi connectivity index (χ1n) is 7.35. The van der Waals surface area contributed by atoms with E-state index in [1.54, 1.807) is 12.1 Å². The highest BCUT2D eigenvalue weighted by Gasteiger charge is 2.18. The minimum atomic E-state index is -0.0968. The summed E-state index contributed by atoms with van der Waals surface area (Å²) in [4.78, 5) is 12.0. The molecule has 0 saturated heterocycles. The molecule has 5 nitrogen and oxygen atoms in total. The number of ether oxygens (including phenoxy) is 2. The summed E-state index contributed by atoms with van der Waals surface area (Å²) in [6.45, 7) is 1.32. The van der Waals surface area contributed by atoms with Gasteiger partial charge in [0.1, 0.15) is 13.2 Å². The molecule has 6 heteroatoms. The number of carbonyl (C=O) groups excluding carboxylic acids is 1. The molecular formula is C15H19ClN2O3. The summed E-state index contributed by atoms with van der Waals surface area (Å²) in [5, 5.41) is 6.54. The number of hydrogen-bond donors (Lipinski definition) is 2. The summed E-state index contributed by atoms with van der Waals surface area (Å²) < 4.78 is 10.9. The molecule has 0 bridgehead atoms. The Morgan fingerprint density at radius 1 is 1.19 bits per heavy atom. The van der Waals surface area contributed by atoms with Crippen molar-refractivity contribution in [3.05, 3.63) is 17.2 Å². The molecule has 1 aromatic carbocycles. The lowest BCUT2D eigenvalue weighted by Gasteiger charge is -2.20. The Kier molecular flexibility index (Phi) is 4.51. The van der Waals surface area contributed by atoms with Crippen molar-refractivity contribution in [2.45, 2.75) is 31.7 Å². The summed E-state index contributed by atoms with van der Waals surface area (Å²) in [7, 11) is 0. The first-order valence-corrected chi connectivity index (χ1v) is 7.72. The van der Waals surface area contributed by atoms with Gasteiger partial charge in [-0.15, -0.1) is 0 Å². The predicted molar refractivity (Wildman–Crippen MR) is 81.3 cm³/mol. The smallest absolute Gasteiger partial charge is 0.238 e. The molecule has 1 aliphatic carbocycles. The van der Waals surface area contributed by atoms with E-state index in [0.29, 0.717) is 48.0 Å². The van der Waals surface area contributed by atoms with Crippen molar-refractivity contribution in [1.82, 2.24) is 5.32 Å². The van der Waals surface area contributed by atoms with Gasteiger partial charge in [0, 0.05) is 18.2 Å². The van der Waals surface area contributed by atoms with Crippen molar-refractivity contribution in [3.63, 3.8) is 0 Å². The highest BCUT2D eigenvalue weighted by Crippen LogP contribution is 2.37. The number of fused-ring (bicyclic) bond motifs is 1. The van der Waals surface area contributed by atoms with Crippen molar-refractivity contribution >= 4 is 23.2 Å². The summed E-state index contributed by atoms with van der Waals surface area (Å²) in [5.41, 5.74) is 0.555. The van der Waals surface area contributed by atoms with Crippen LogP contribution in [0.25, 0.3) is 0 Å². The number of anilines is 1. The molecule has 1 aliphatic heterocycles. The number of nitrogens with one attached hydrogen (secondary N) is 2. The van der Waals surface area contributed by atoms with Crippen molar-refractivity contribution in [2.75, 3.05) is 25.1 Å². The number of hydrogen-bond acceptors (Lipinski definition) is 4. The summed E-state index contributed by atoms with van der Waals surface area (Å²) >= 11 is 6.16. The van der Waals surface area contributed by atoms with Crippen LogP contribution in [0.15, 0.2) is 12.1 Å². The number of rotatable bonds is 4. The third kappa shape index (κ3) is 3.60. The number of benzene rings is 1. The Labute approximate surface area is 128 Å². The topological polar surface area (TPSA) is 59.6 Å². The summed E-state index contributed by atoms with van der Waals surface area (Å²) in [6.07, 6.45) is 4.79. The summed E-state index contributed by atoms with van der Waals surface area (Å²) in [6, 6.07) is 3.85. The lowest BCUT2D eigenvalue weighted by molar-refractivity contribution is -0.115. The van der Waals surface area contributed by atoms with E-state index in [1.807, 2.05) is 0 Å². The van der Waals surface area contributed by atoms with E-state index in [2.05, 4.69) is 10.6 Å². The molecule has 1 amide bonds. The Balaban J connectivity index is 1.59. The summed E-state index contributed by atoms with van der Waals surface area (Å²) in [5.74, 6) is 1.14. The molecule has 0 unspecified atom stereocenters. The molecule has 0 radical (unpaired) electrons. The average molecular weight is 311 g/mol. The maximum atomic E-state index is 12.0. The molecule has 2 N–H and O–H groups in total. The minimum absolute atomic E-state index is 0.0968. The Hall–Kier alpha value is -1.46. The van der Waals surface area contributed by atoms with Gasteiger partial charge in [-0.05, 0) is 12.8 Å². The van der Waals surface area contributed by atoms with Crippen LogP contribution >= 0.6 is 11.6 Å². The molecule has 1 heterocycles. The fourth-order valence-electron chi connectivity index (χ4n) is 2.72. The van der Waals surface area contributed by atoms with Crippen LogP contribution in [0.5, 0.6) is 11.5 Å². The van der Waals surface area contributed by atoms with Crippen LogP contribution < -0.4 is 20.1 Å². The van der Waals surface area contributed by atoms with E-state index in [-0.39, 0.29) is 5.91 Å². The second kappa shape index (κ2) is 6.54. The normalized spacial score (nSPS) is 17.8. The third-order valence-corrected chi connectivity index (χ3v) is 4.13. The molecule has 21 heavy (non-hydrogen) atoms. The number of amides is 1. The van der Waals surface area contributed by atoms with Gasteiger partial charge >= 0.3 is 0 Å². The monoisotopic (exact) mass is 310 g/mol. The van der Waals surface area contributed by atoms with Crippen molar-refractivity contribution in [1.29, 1.82) is 0 Å². The van der Waals surface area contributed by atoms with Crippen LogP contribution in [0.2, 0.25) is 5.02 Å². The Morgan fingerprint density at radius 3 is 2.57 bits per heavy atom. The van der Waals surface area contributed by atoms with E-state index in [0.717, 1.165) is 12.8 Å². The molecule has 1 fully saturated rings. The molecule has 1 saturated carbocycles. The highest BCUT2D eigenvalue weighted by molar-refractivity contribution is 6.34. The van der Waals surface area contributed by atoms with Gasteiger partial charge in [-0.1, -0.05) is 24.4 Å². The van der Waals surface area contributed by atoms with Crippen molar-refractivity contribution < 1.29 is 14.3 Å². The first-order chi connectivity index (χ1) is 10.2. The Bertz CT molecular complexity index is 530. The molecule has 0 aromatic heterocycles. The van der Waals surface area contributed by atoms with Gasteiger partial charge in [0.2, 0.25) is 5.91 Å². The third-order valence-electron chi connectivity index (χ3n) is 3.81. The maximum absolute atomic E-state index is 12.0. The second-order valence-electron chi connectivity index (χ2n) is 5.39. The van der Waals surface area contributed by atoms with E-state index < -0.39 is 0 Å². The number of halogens is 1. The zero-order chi connectivity index (χ0) is 14.7. The molecule has 1 aromatic rings. The fourth-order valence-corrected chi connectivity index (χ4v) is 2.92. The van der Waals surface area contributed by atoms with Gasteiger partial charge in [-0.3, -0.25) is 4.79 Å². The first kappa shape index (κ1) is 14.5. The maximum Gasteiger partial charge on any atom is 0.238 e. The molecule has 0 atom stereocenters. The van der Waals surface area contributed by atoms with E-state index in [1.165, 1.54) is 12.8 Å². The van der Waals surface area contributed by atoms with E-state index >= 15 is 0 Å². The quantitative estimate of drug-likeness (QED) is 0.897. The zero-order valence-electron chi connectivity index (χ0n) is 11.8. The van der Waals surface area contributed by atoms with Crippen LogP contribution in [0.3, 0.4) is 0 Å². The van der Waals surface area contributed by atoms with Crippen molar-refractivity contribution in [2.24, 2.45) is 0 Å². The van der Waals surface area contributed by atoms with Crippen LogP contribution in [-0.4, -0.2) is 31.7 Å². The van der Waals surface area contributed by atoms with Gasteiger partial charge in [-0.2, -0.15) is 0 Å². The van der Waals surface area contributed by atoms with E-state index in [4.69, 9.17) is 21.1 Å². The highest BCUT2D eigenvalue weighted by atomic mass is 35.5. The average Bonchev–Trinajstić information content (AvgIpc) is 2.99. The molecule has 2 aliphatic rings. The Morgan fingerprint density at radius 2 is 1.86 bits per heavy atom. The largest absolute Gasteiger partial charge is 0.486 e. The second-order valence-corrected chi connectivity index (χ2v) is 5.79. The fraction of sp³-hybridized carbons (Fsp3) is 0.533. The van der Waals surface area contributed by atoms with Crippen molar-refractivity contribution in [3.8, 4) is 11.5 Å².